The number of amides is 2. The van der Waals surface area contributed by atoms with Crippen molar-refractivity contribution < 1.29 is 14.1 Å². The molecule has 1 N–H and O–H groups in total. The lowest BCUT2D eigenvalue weighted by molar-refractivity contribution is -0.137. The first-order valence-electron chi connectivity index (χ1n) is 7.61. The molecule has 1 aliphatic heterocycles. The van der Waals surface area contributed by atoms with Crippen LogP contribution in [0.4, 0.5) is 0 Å². The standard InChI is InChI=1S/C15H18N4O3S/c1-2-11(19-6-3-4-13(19)20)14(21)16-8-12-17-15(22-18-12)10-5-7-23-9-10/h5,7,9,11H,2-4,6,8H2,1H3,(H,16,21). The van der Waals surface area contributed by atoms with E-state index in [-0.39, 0.29) is 18.4 Å². The van der Waals surface area contributed by atoms with E-state index in [1.54, 1.807) is 16.2 Å². The SMILES string of the molecule is CCC(C(=O)NCc1noc(-c2ccsc2)n1)N1CCCC1=O. The van der Waals surface area contributed by atoms with Crippen molar-refractivity contribution in [2.24, 2.45) is 0 Å². The van der Waals surface area contributed by atoms with Crippen molar-refractivity contribution in [2.75, 3.05) is 6.54 Å². The van der Waals surface area contributed by atoms with Crippen LogP contribution in [-0.2, 0) is 16.1 Å². The highest BCUT2D eigenvalue weighted by Gasteiger charge is 2.31. The molecule has 0 radical (unpaired) electrons. The van der Waals surface area contributed by atoms with E-state index < -0.39 is 6.04 Å². The van der Waals surface area contributed by atoms with Crippen molar-refractivity contribution in [2.45, 2.75) is 38.8 Å². The maximum absolute atomic E-state index is 12.3. The van der Waals surface area contributed by atoms with Gasteiger partial charge in [0.05, 0.1) is 12.1 Å². The van der Waals surface area contributed by atoms with Crippen LogP contribution >= 0.6 is 11.3 Å². The van der Waals surface area contributed by atoms with Gasteiger partial charge >= 0.3 is 0 Å². The summed E-state index contributed by atoms with van der Waals surface area (Å²) < 4.78 is 5.17. The summed E-state index contributed by atoms with van der Waals surface area (Å²) in [5.74, 6) is 0.732. The Morgan fingerprint density at radius 1 is 1.57 bits per heavy atom. The summed E-state index contributed by atoms with van der Waals surface area (Å²) in [6.45, 7) is 2.74. The Balaban J connectivity index is 1.59. The van der Waals surface area contributed by atoms with Gasteiger partial charge in [-0.2, -0.15) is 16.3 Å². The Bertz CT molecular complexity index is 683. The number of nitrogens with one attached hydrogen (secondary N) is 1. The number of carbonyl (C=O) groups is 2. The van der Waals surface area contributed by atoms with Gasteiger partial charge in [-0.1, -0.05) is 12.1 Å². The third-order valence-corrected chi connectivity index (χ3v) is 4.52. The monoisotopic (exact) mass is 334 g/mol. The van der Waals surface area contributed by atoms with Gasteiger partial charge in [0.25, 0.3) is 5.89 Å². The van der Waals surface area contributed by atoms with Crippen molar-refractivity contribution in [3.63, 3.8) is 0 Å². The third kappa shape index (κ3) is 3.42. The van der Waals surface area contributed by atoms with E-state index in [2.05, 4.69) is 15.5 Å². The van der Waals surface area contributed by atoms with Gasteiger partial charge in [0.15, 0.2) is 5.82 Å². The summed E-state index contributed by atoms with van der Waals surface area (Å²) in [7, 11) is 0. The molecule has 0 spiro atoms. The Labute approximate surface area is 137 Å². The minimum absolute atomic E-state index is 0.0475. The number of hydrogen-bond acceptors (Lipinski definition) is 6. The highest BCUT2D eigenvalue weighted by molar-refractivity contribution is 7.08. The molecule has 2 amide bonds. The van der Waals surface area contributed by atoms with Crippen LogP contribution in [0.5, 0.6) is 0 Å². The molecule has 7 nitrogen and oxygen atoms in total. The number of hydrogen-bond donors (Lipinski definition) is 1. The molecule has 8 heteroatoms. The Morgan fingerprint density at radius 3 is 3.09 bits per heavy atom. The van der Waals surface area contributed by atoms with Gasteiger partial charge in [-0.25, -0.2) is 0 Å². The summed E-state index contributed by atoms with van der Waals surface area (Å²) in [4.78, 5) is 30.0. The minimum atomic E-state index is -0.423. The van der Waals surface area contributed by atoms with Crippen molar-refractivity contribution in [1.29, 1.82) is 0 Å². The summed E-state index contributed by atoms with van der Waals surface area (Å²) in [5, 5.41) is 10.5. The highest BCUT2D eigenvalue weighted by Crippen LogP contribution is 2.20. The lowest BCUT2D eigenvalue weighted by Gasteiger charge is -2.25. The molecule has 2 aromatic rings. The molecule has 3 heterocycles. The van der Waals surface area contributed by atoms with Crippen LogP contribution in [0.15, 0.2) is 21.3 Å². The largest absolute Gasteiger partial charge is 0.347 e. The van der Waals surface area contributed by atoms with E-state index in [0.717, 1.165) is 12.0 Å². The van der Waals surface area contributed by atoms with E-state index in [1.165, 1.54) is 0 Å². The zero-order valence-electron chi connectivity index (χ0n) is 12.8. The number of thiophene rings is 1. The van der Waals surface area contributed by atoms with Crippen LogP contribution in [0, 0.1) is 0 Å². The second-order valence-corrected chi connectivity index (χ2v) is 6.14. The maximum Gasteiger partial charge on any atom is 0.258 e. The smallest absolute Gasteiger partial charge is 0.258 e. The zero-order valence-corrected chi connectivity index (χ0v) is 13.6. The van der Waals surface area contributed by atoms with Crippen LogP contribution in [0.2, 0.25) is 0 Å². The second kappa shape index (κ2) is 6.91. The number of carbonyl (C=O) groups excluding carboxylic acids is 2. The lowest BCUT2D eigenvalue weighted by atomic mass is 10.2. The van der Waals surface area contributed by atoms with Crippen LogP contribution in [0.3, 0.4) is 0 Å². The molecule has 1 aliphatic rings. The summed E-state index contributed by atoms with van der Waals surface area (Å²) >= 11 is 1.55. The lowest BCUT2D eigenvalue weighted by Crippen LogP contribution is -2.47. The summed E-state index contributed by atoms with van der Waals surface area (Å²) in [6, 6.07) is 1.47. The molecule has 0 aliphatic carbocycles. The van der Waals surface area contributed by atoms with E-state index in [4.69, 9.17) is 4.52 Å². The van der Waals surface area contributed by atoms with Crippen molar-refractivity contribution in [3.8, 4) is 11.5 Å². The Kier molecular flexibility index (Phi) is 4.71. The molecule has 23 heavy (non-hydrogen) atoms. The molecule has 122 valence electrons. The van der Waals surface area contributed by atoms with Gasteiger partial charge in [0.2, 0.25) is 11.8 Å². The summed E-state index contributed by atoms with van der Waals surface area (Å²) in [6.07, 6.45) is 1.93. The van der Waals surface area contributed by atoms with E-state index in [9.17, 15) is 9.59 Å². The van der Waals surface area contributed by atoms with Crippen LogP contribution in [0.25, 0.3) is 11.5 Å². The normalized spacial score (nSPS) is 15.9. The molecule has 0 bridgehead atoms. The van der Waals surface area contributed by atoms with Gasteiger partial charge < -0.3 is 14.7 Å². The fourth-order valence-corrected chi connectivity index (χ4v) is 3.29. The molecule has 3 rings (SSSR count). The quantitative estimate of drug-likeness (QED) is 0.870. The van der Waals surface area contributed by atoms with Crippen LogP contribution in [0.1, 0.15) is 32.0 Å². The number of nitrogens with zero attached hydrogens (tertiary/aromatic N) is 3. The molecular formula is C15H18N4O3S. The Morgan fingerprint density at radius 2 is 2.43 bits per heavy atom. The molecule has 1 saturated heterocycles. The van der Waals surface area contributed by atoms with Crippen molar-refractivity contribution >= 4 is 23.2 Å². The van der Waals surface area contributed by atoms with Gasteiger partial charge in [0, 0.05) is 18.3 Å². The fourth-order valence-electron chi connectivity index (χ4n) is 2.66. The molecule has 1 fully saturated rings. The number of aromatic nitrogens is 2. The van der Waals surface area contributed by atoms with Crippen molar-refractivity contribution in [1.82, 2.24) is 20.4 Å². The molecular weight excluding hydrogens is 316 g/mol. The van der Waals surface area contributed by atoms with Gasteiger partial charge in [-0.15, -0.1) is 0 Å². The number of rotatable bonds is 6. The van der Waals surface area contributed by atoms with Gasteiger partial charge in [0.1, 0.15) is 6.04 Å². The van der Waals surface area contributed by atoms with Gasteiger partial charge in [-0.05, 0) is 24.3 Å². The molecule has 1 unspecified atom stereocenters. The van der Waals surface area contributed by atoms with Crippen molar-refractivity contribution in [3.05, 3.63) is 22.7 Å². The summed E-state index contributed by atoms with van der Waals surface area (Å²) in [5.41, 5.74) is 0.870. The minimum Gasteiger partial charge on any atom is -0.347 e. The first kappa shape index (κ1) is 15.7. The first-order chi connectivity index (χ1) is 11.2. The van der Waals surface area contributed by atoms with Gasteiger partial charge in [-0.3, -0.25) is 9.59 Å². The molecule has 1 atom stereocenters. The second-order valence-electron chi connectivity index (χ2n) is 5.36. The molecule has 0 saturated carbocycles. The van der Waals surface area contributed by atoms with E-state index >= 15 is 0 Å². The van der Waals surface area contributed by atoms with Crippen LogP contribution < -0.4 is 5.32 Å². The Hall–Kier alpha value is -2.22. The van der Waals surface area contributed by atoms with Crippen LogP contribution in [-0.4, -0.2) is 39.4 Å². The number of likely N-dealkylation sites (tertiary alicyclic amines) is 1. The molecule has 0 aromatic carbocycles. The topological polar surface area (TPSA) is 88.3 Å². The predicted molar refractivity (Wildman–Crippen MR) is 84.5 cm³/mol. The first-order valence-corrected chi connectivity index (χ1v) is 8.55. The fraction of sp³-hybridized carbons (Fsp3) is 0.467. The average Bonchev–Trinajstić information content (AvgIpc) is 3.27. The zero-order chi connectivity index (χ0) is 16.2. The van der Waals surface area contributed by atoms with E-state index in [0.29, 0.717) is 31.1 Å². The van der Waals surface area contributed by atoms with E-state index in [1.807, 2.05) is 23.8 Å². The average molecular weight is 334 g/mol. The highest BCUT2D eigenvalue weighted by atomic mass is 32.1. The third-order valence-electron chi connectivity index (χ3n) is 3.83. The maximum atomic E-state index is 12.3. The predicted octanol–water partition coefficient (Wildman–Crippen LogP) is 1.82. The molecule has 2 aromatic heterocycles.